The largest absolute Gasteiger partial charge is 0.508 e. The maximum atomic E-state index is 12.5. The second-order valence-electron chi connectivity index (χ2n) is 5.41. The minimum Gasteiger partial charge on any atom is -0.508 e. The number of benzene rings is 2. The van der Waals surface area contributed by atoms with Crippen LogP contribution in [0.2, 0.25) is 0 Å². The number of rotatable bonds is 1. The summed E-state index contributed by atoms with van der Waals surface area (Å²) in [7, 11) is 0. The van der Waals surface area contributed by atoms with Crippen molar-refractivity contribution in [1.29, 1.82) is 0 Å². The molecule has 3 aromatic rings. The molecular weight excluding hydrogens is 360 g/mol. The fraction of sp³-hybridized carbons (Fsp3) is 0.0556. The van der Waals surface area contributed by atoms with E-state index in [1.807, 2.05) is 24.3 Å². The molecule has 1 aromatic heterocycles. The molecule has 0 aliphatic carbocycles. The summed E-state index contributed by atoms with van der Waals surface area (Å²) in [6.45, 7) is 1.77. The van der Waals surface area contributed by atoms with Crippen LogP contribution in [0.4, 0.5) is 0 Å². The molecule has 0 saturated carbocycles. The topological polar surface area (TPSA) is 59.7 Å². The van der Waals surface area contributed by atoms with Gasteiger partial charge in [-0.15, -0.1) is 0 Å². The number of aromatic hydroxyl groups is 1. The van der Waals surface area contributed by atoms with Crippen molar-refractivity contribution in [1.82, 2.24) is 0 Å². The number of aryl methyl sites for hydroxylation is 1. The number of ketones is 1. The predicted octanol–water partition coefficient (Wildman–Crippen LogP) is 4.83. The second-order valence-corrected chi connectivity index (χ2v) is 6.32. The number of halogens is 1. The first-order valence-electron chi connectivity index (χ1n) is 6.98. The SMILES string of the molecule is Cc1cc(O)cc2c1C(=O)C(=Cc1cc3cc(Br)ccc3o1)O2. The highest BCUT2D eigenvalue weighted by Crippen LogP contribution is 2.37. The zero-order chi connectivity index (χ0) is 16.1. The van der Waals surface area contributed by atoms with Crippen LogP contribution < -0.4 is 4.74 Å². The van der Waals surface area contributed by atoms with Crippen LogP contribution in [0.15, 0.2) is 51.0 Å². The van der Waals surface area contributed by atoms with Gasteiger partial charge in [0.1, 0.15) is 22.8 Å². The van der Waals surface area contributed by atoms with E-state index in [9.17, 15) is 9.90 Å². The lowest BCUT2D eigenvalue weighted by Crippen LogP contribution is -1.99. The van der Waals surface area contributed by atoms with Crippen molar-refractivity contribution in [2.75, 3.05) is 0 Å². The van der Waals surface area contributed by atoms with Gasteiger partial charge in [0.15, 0.2) is 5.76 Å². The monoisotopic (exact) mass is 370 g/mol. The van der Waals surface area contributed by atoms with Crippen LogP contribution in [0.25, 0.3) is 17.0 Å². The lowest BCUT2D eigenvalue weighted by atomic mass is 10.0. The lowest BCUT2D eigenvalue weighted by molar-refractivity contribution is 0.101. The zero-order valence-corrected chi connectivity index (χ0v) is 13.7. The van der Waals surface area contributed by atoms with Crippen LogP contribution in [0.5, 0.6) is 11.5 Å². The fourth-order valence-electron chi connectivity index (χ4n) is 2.73. The molecule has 0 saturated heterocycles. The predicted molar refractivity (Wildman–Crippen MR) is 89.7 cm³/mol. The van der Waals surface area contributed by atoms with E-state index in [0.29, 0.717) is 22.6 Å². The van der Waals surface area contributed by atoms with Crippen LogP contribution in [-0.4, -0.2) is 10.9 Å². The number of furan rings is 1. The molecule has 23 heavy (non-hydrogen) atoms. The van der Waals surface area contributed by atoms with Gasteiger partial charge in [0.25, 0.3) is 0 Å². The van der Waals surface area contributed by atoms with Gasteiger partial charge in [-0.2, -0.15) is 0 Å². The Balaban J connectivity index is 1.77. The molecule has 4 nitrogen and oxygen atoms in total. The number of fused-ring (bicyclic) bond motifs is 2. The van der Waals surface area contributed by atoms with Gasteiger partial charge in [-0.1, -0.05) is 15.9 Å². The molecule has 4 rings (SSSR count). The van der Waals surface area contributed by atoms with E-state index in [-0.39, 0.29) is 17.3 Å². The average Bonchev–Trinajstić information content (AvgIpc) is 3.00. The van der Waals surface area contributed by atoms with E-state index in [0.717, 1.165) is 15.4 Å². The molecule has 0 amide bonds. The van der Waals surface area contributed by atoms with Gasteiger partial charge in [0, 0.05) is 22.0 Å². The van der Waals surface area contributed by atoms with Gasteiger partial charge in [-0.05, 0) is 42.8 Å². The molecule has 0 unspecified atom stereocenters. The number of phenols is 1. The van der Waals surface area contributed by atoms with E-state index in [1.165, 1.54) is 6.07 Å². The molecule has 0 fully saturated rings. The smallest absolute Gasteiger partial charge is 0.232 e. The summed E-state index contributed by atoms with van der Waals surface area (Å²) >= 11 is 3.41. The summed E-state index contributed by atoms with van der Waals surface area (Å²) in [4.78, 5) is 12.5. The van der Waals surface area contributed by atoms with Crippen LogP contribution >= 0.6 is 15.9 Å². The number of hydrogen-bond donors (Lipinski definition) is 1. The molecule has 2 aromatic carbocycles. The molecule has 0 spiro atoms. The number of allylic oxidation sites excluding steroid dienone is 1. The maximum Gasteiger partial charge on any atom is 0.232 e. The Hall–Kier alpha value is -2.53. The summed E-state index contributed by atoms with van der Waals surface area (Å²) < 4.78 is 12.2. The van der Waals surface area contributed by atoms with Crippen LogP contribution in [0.1, 0.15) is 21.7 Å². The molecule has 2 heterocycles. The quantitative estimate of drug-likeness (QED) is 0.623. The average molecular weight is 371 g/mol. The van der Waals surface area contributed by atoms with Gasteiger partial charge in [0.2, 0.25) is 5.78 Å². The van der Waals surface area contributed by atoms with Crippen LogP contribution in [0.3, 0.4) is 0 Å². The Bertz CT molecular complexity index is 998. The minimum atomic E-state index is -0.209. The third kappa shape index (κ3) is 2.33. The number of carbonyl (C=O) groups is 1. The number of ether oxygens (including phenoxy) is 1. The Morgan fingerprint density at radius 1 is 1.17 bits per heavy atom. The summed E-state index contributed by atoms with van der Waals surface area (Å²) in [5, 5.41) is 10.6. The van der Waals surface area contributed by atoms with Crippen LogP contribution in [0, 0.1) is 6.92 Å². The second kappa shape index (κ2) is 4.99. The maximum absolute atomic E-state index is 12.5. The molecular formula is C18H11BrO4. The summed E-state index contributed by atoms with van der Waals surface area (Å²) in [6, 6.07) is 10.5. The van der Waals surface area contributed by atoms with E-state index < -0.39 is 0 Å². The number of hydrogen-bond acceptors (Lipinski definition) is 4. The Morgan fingerprint density at radius 3 is 2.83 bits per heavy atom. The Morgan fingerprint density at radius 2 is 2.00 bits per heavy atom. The molecule has 5 heteroatoms. The van der Waals surface area contributed by atoms with Crippen molar-refractivity contribution < 1.29 is 19.1 Å². The van der Waals surface area contributed by atoms with Crippen molar-refractivity contribution >= 4 is 38.8 Å². The van der Waals surface area contributed by atoms with Crippen molar-refractivity contribution in [3.05, 3.63) is 63.5 Å². The third-order valence-electron chi connectivity index (χ3n) is 3.73. The molecule has 0 radical (unpaired) electrons. The molecule has 114 valence electrons. The highest BCUT2D eigenvalue weighted by atomic mass is 79.9. The molecule has 1 aliphatic rings. The summed E-state index contributed by atoms with van der Waals surface area (Å²) in [5.74, 6) is 0.962. The first-order valence-corrected chi connectivity index (χ1v) is 7.77. The molecule has 1 aliphatic heterocycles. The van der Waals surface area contributed by atoms with E-state index in [1.54, 1.807) is 19.1 Å². The fourth-order valence-corrected chi connectivity index (χ4v) is 3.10. The third-order valence-corrected chi connectivity index (χ3v) is 4.22. The van der Waals surface area contributed by atoms with Crippen molar-refractivity contribution in [2.45, 2.75) is 6.92 Å². The van der Waals surface area contributed by atoms with Crippen LogP contribution in [-0.2, 0) is 0 Å². The van der Waals surface area contributed by atoms with Crippen molar-refractivity contribution in [3.8, 4) is 11.5 Å². The highest BCUT2D eigenvalue weighted by Gasteiger charge is 2.30. The Kier molecular flexibility index (Phi) is 3.06. The standard InChI is InChI=1S/C18H11BrO4/c1-9-4-12(20)7-15-17(9)18(21)16(23-15)8-13-6-10-5-11(19)2-3-14(10)22-13/h2-8,20H,1H3. The normalized spacial score (nSPS) is 15.2. The minimum absolute atomic E-state index is 0.0730. The molecule has 0 atom stereocenters. The lowest BCUT2D eigenvalue weighted by Gasteiger charge is -2.00. The van der Waals surface area contributed by atoms with Crippen molar-refractivity contribution in [2.24, 2.45) is 0 Å². The first-order chi connectivity index (χ1) is 11.0. The summed E-state index contributed by atoms with van der Waals surface area (Å²) in [5.41, 5.74) is 1.90. The van der Waals surface area contributed by atoms with E-state index in [4.69, 9.17) is 9.15 Å². The highest BCUT2D eigenvalue weighted by molar-refractivity contribution is 9.10. The van der Waals surface area contributed by atoms with Gasteiger partial charge in [-0.3, -0.25) is 4.79 Å². The number of Topliss-reactive ketones (excluding diaryl/α,β-unsaturated/α-hetero) is 1. The van der Waals surface area contributed by atoms with E-state index >= 15 is 0 Å². The van der Waals surface area contributed by atoms with Gasteiger partial charge >= 0.3 is 0 Å². The van der Waals surface area contributed by atoms with Gasteiger partial charge in [-0.25, -0.2) is 0 Å². The molecule has 1 N–H and O–H groups in total. The first kappa shape index (κ1) is 14.1. The molecule has 0 bridgehead atoms. The van der Waals surface area contributed by atoms with Gasteiger partial charge < -0.3 is 14.3 Å². The Labute approximate surface area is 140 Å². The number of carbonyl (C=O) groups excluding carboxylic acids is 1. The summed E-state index contributed by atoms with van der Waals surface area (Å²) in [6.07, 6.45) is 1.58. The number of phenolic OH excluding ortho intramolecular Hbond substituents is 1. The van der Waals surface area contributed by atoms with Crippen molar-refractivity contribution in [3.63, 3.8) is 0 Å². The zero-order valence-electron chi connectivity index (χ0n) is 12.1. The van der Waals surface area contributed by atoms with E-state index in [2.05, 4.69) is 15.9 Å². The van der Waals surface area contributed by atoms with Gasteiger partial charge in [0.05, 0.1) is 5.56 Å².